The molecule has 0 aliphatic rings. The Kier molecular flexibility index (Phi) is 8.22. The van der Waals surface area contributed by atoms with Gasteiger partial charge in [0.15, 0.2) is 0 Å². The molecule has 1 rings (SSSR count). The van der Waals surface area contributed by atoms with Crippen molar-refractivity contribution < 1.29 is 18.1 Å². The minimum absolute atomic E-state index is 0.354. The number of phosphoric ester groups is 1. The van der Waals surface area contributed by atoms with E-state index in [1.54, 1.807) is 23.9 Å². The summed E-state index contributed by atoms with van der Waals surface area (Å²) in [5.74, 6) is 1.45. The summed E-state index contributed by atoms with van der Waals surface area (Å²) in [6, 6.07) is 8.95. The molecule has 0 amide bonds. The Bertz CT molecular complexity index is 385. The third kappa shape index (κ3) is 7.02. The van der Waals surface area contributed by atoms with Crippen molar-refractivity contribution in [1.29, 1.82) is 0 Å². The molecule has 0 bridgehead atoms. The summed E-state index contributed by atoms with van der Waals surface area (Å²) in [4.78, 5) is 0. The van der Waals surface area contributed by atoms with E-state index in [-0.39, 0.29) is 0 Å². The molecular formula is C13H21O4PS. The highest BCUT2D eigenvalue weighted by Gasteiger charge is 2.28. The number of thioether (sulfide) groups is 1. The summed E-state index contributed by atoms with van der Waals surface area (Å²) in [6.45, 7) is 2.67. The topological polar surface area (TPSA) is 44.8 Å². The first-order valence-corrected chi connectivity index (χ1v) is 9.18. The average molecular weight is 304 g/mol. The van der Waals surface area contributed by atoms with Crippen LogP contribution in [0.1, 0.15) is 19.8 Å². The summed E-state index contributed by atoms with van der Waals surface area (Å²) >= 11 is 1.72. The van der Waals surface area contributed by atoms with E-state index in [1.165, 1.54) is 0 Å². The minimum atomic E-state index is -3.51. The van der Waals surface area contributed by atoms with Gasteiger partial charge in [-0.1, -0.05) is 25.1 Å². The second kappa shape index (κ2) is 9.43. The first-order valence-electron chi connectivity index (χ1n) is 6.33. The predicted octanol–water partition coefficient (Wildman–Crippen LogP) is 4.37. The number of phosphoric acid groups is 1. The molecular weight excluding hydrogens is 283 g/mol. The molecule has 6 heteroatoms. The summed E-state index contributed by atoms with van der Waals surface area (Å²) in [5, 5.41) is 0. The molecule has 0 aromatic heterocycles. The molecule has 1 atom stereocenters. The number of hydrogen-bond acceptors (Lipinski definition) is 5. The van der Waals surface area contributed by atoms with E-state index in [9.17, 15) is 4.57 Å². The van der Waals surface area contributed by atoms with Gasteiger partial charge in [-0.15, -0.1) is 0 Å². The zero-order valence-corrected chi connectivity index (χ0v) is 13.1. The third-order valence-electron chi connectivity index (χ3n) is 2.16. The first kappa shape index (κ1) is 16.6. The molecule has 0 heterocycles. The van der Waals surface area contributed by atoms with Crippen molar-refractivity contribution in [2.75, 3.05) is 25.2 Å². The zero-order chi connectivity index (χ0) is 14.0. The van der Waals surface area contributed by atoms with Gasteiger partial charge in [-0.25, -0.2) is 4.57 Å². The van der Waals surface area contributed by atoms with E-state index in [2.05, 4.69) is 0 Å². The fraction of sp³-hybridized carbons (Fsp3) is 0.538. The van der Waals surface area contributed by atoms with Crippen molar-refractivity contribution in [2.24, 2.45) is 0 Å². The SMILES string of the molecule is CCCOP(=O)(OCCCSC)Oc1ccccc1. The lowest BCUT2D eigenvalue weighted by molar-refractivity contribution is 0.156. The number of hydrogen-bond donors (Lipinski definition) is 0. The second-order valence-electron chi connectivity index (χ2n) is 3.86. The fourth-order valence-corrected chi connectivity index (χ4v) is 3.01. The summed E-state index contributed by atoms with van der Waals surface area (Å²) < 4.78 is 28.4. The maximum absolute atomic E-state index is 12.4. The highest BCUT2D eigenvalue weighted by Crippen LogP contribution is 2.49. The molecule has 0 spiro atoms. The van der Waals surface area contributed by atoms with E-state index in [0.717, 1.165) is 18.6 Å². The van der Waals surface area contributed by atoms with Crippen LogP contribution in [0.3, 0.4) is 0 Å². The van der Waals surface area contributed by atoms with E-state index >= 15 is 0 Å². The molecule has 0 aliphatic heterocycles. The van der Waals surface area contributed by atoms with Gasteiger partial charge in [-0.2, -0.15) is 11.8 Å². The fourth-order valence-electron chi connectivity index (χ4n) is 1.28. The lowest BCUT2D eigenvalue weighted by Gasteiger charge is -2.18. The molecule has 0 fully saturated rings. The summed E-state index contributed by atoms with van der Waals surface area (Å²) in [7, 11) is -3.51. The lowest BCUT2D eigenvalue weighted by atomic mass is 10.3. The maximum atomic E-state index is 12.4. The van der Waals surface area contributed by atoms with Crippen LogP contribution in [0.15, 0.2) is 30.3 Å². The third-order valence-corrected chi connectivity index (χ3v) is 4.29. The zero-order valence-electron chi connectivity index (χ0n) is 11.4. The molecule has 0 N–H and O–H groups in total. The highest BCUT2D eigenvalue weighted by molar-refractivity contribution is 7.98. The number of para-hydroxylation sites is 1. The van der Waals surface area contributed by atoms with Crippen molar-refractivity contribution in [3.63, 3.8) is 0 Å². The second-order valence-corrected chi connectivity index (χ2v) is 6.44. The molecule has 4 nitrogen and oxygen atoms in total. The Hall–Kier alpha value is -0.480. The standard InChI is InChI=1S/C13H21O4PS/c1-3-10-15-18(14,16-11-7-12-19-2)17-13-8-5-4-6-9-13/h4-6,8-9H,3,7,10-12H2,1-2H3. The van der Waals surface area contributed by atoms with E-state index < -0.39 is 7.82 Å². The Labute approximate surface area is 119 Å². The lowest BCUT2D eigenvalue weighted by Crippen LogP contribution is -2.05. The van der Waals surface area contributed by atoms with E-state index in [1.807, 2.05) is 31.4 Å². The normalized spacial score (nSPS) is 14.0. The van der Waals surface area contributed by atoms with Gasteiger partial charge < -0.3 is 4.52 Å². The molecule has 0 radical (unpaired) electrons. The van der Waals surface area contributed by atoms with E-state index in [4.69, 9.17) is 13.6 Å². The van der Waals surface area contributed by atoms with Crippen molar-refractivity contribution in [1.82, 2.24) is 0 Å². The van der Waals surface area contributed by atoms with Gasteiger partial charge in [0.25, 0.3) is 0 Å². The largest absolute Gasteiger partial charge is 0.530 e. The van der Waals surface area contributed by atoms with Crippen molar-refractivity contribution in [3.05, 3.63) is 30.3 Å². The predicted molar refractivity (Wildman–Crippen MR) is 79.9 cm³/mol. The van der Waals surface area contributed by atoms with Crippen LogP contribution in [0.4, 0.5) is 0 Å². The highest BCUT2D eigenvalue weighted by atomic mass is 32.2. The van der Waals surface area contributed by atoms with Gasteiger partial charge in [-0.05, 0) is 37.0 Å². The van der Waals surface area contributed by atoms with Gasteiger partial charge in [0, 0.05) is 0 Å². The molecule has 1 aromatic rings. The Morgan fingerprint density at radius 3 is 2.47 bits per heavy atom. The Morgan fingerprint density at radius 1 is 1.16 bits per heavy atom. The van der Waals surface area contributed by atoms with Crippen molar-refractivity contribution in [2.45, 2.75) is 19.8 Å². The van der Waals surface area contributed by atoms with Crippen molar-refractivity contribution >= 4 is 19.6 Å². The first-order chi connectivity index (χ1) is 9.20. The summed E-state index contributed by atoms with van der Waals surface area (Å²) in [5.41, 5.74) is 0. The van der Waals surface area contributed by atoms with Gasteiger partial charge in [0.05, 0.1) is 13.2 Å². The van der Waals surface area contributed by atoms with Gasteiger partial charge in [0.2, 0.25) is 0 Å². The Balaban J connectivity index is 2.56. The average Bonchev–Trinajstić information content (AvgIpc) is 2.43. The van der Waals surface area contributed by atoms with Crippen LogP contribution in [0.25, 0.3) is 0 Å². The molecule has 0 aliphatic carbocycles. The van der Waals surface area contributed by atoms with Gasteiger partial charge in [0.1, 0.15) is 5.75 Å². The quantitative estimate of drug-likeness (QED) is 0.474. The van der Waals surface area contributed by atoms with Crippen LogP contribution >= 0.6 is 19.6 Å². The molecule has 108 valence electrons. The minimum Gasteiger partial charge on any atom is -0.404 e. The van der Waals surface area contributed by atoms with Gasteiger partial charge >= 0.3 is 7.82 Å². The van der Waals surface area contributed by atoms with Gasteiger partial charge in [-0.3, -0.25) is 9.05 Å². The molecule has 1 unspecified atom stereocenters. The van der Waals surface area contributed by atoms with Crippen LogP contribution in [-0.2, 0) is 13.6 Å². The van der Waals surface area contributed by atoms with Crippen LogP contribution in [0.5, 0.6) is 5.75 Å². The number of benzene rings is 1. The van der Waals surface area contributed by atoms with Crippen LogP contribution in [-0.4, -0.2) is 25.2 Å². The molecule has 0 saturated heterocycles. The van der Waals surface area contributed by atoms with E-state index in [0.29, 0.717) is 19.0 Å². The Morgan fingerprint density at radius 2 is 1.84 bits per heavy atom. The van der Waals surface area contributed by atoms with Crippen LogP contribution < -0.4 is 4.52 Å². The van der Waals surface area contributed by atoms with Crippen LogP contribution in [0.2, 0.25) is 0 Å². The smallest absolute Gasteiger partial charge is 0.404 e. The summed E-state index contributed by atoms with van der Waals surface area (Å²) in [6.07, 6.45) is 3.60. The monoisotopic (exact) mass is 304 g/mol. The maximum Gasteiger partial charge on any atom is 0.530 e. The molecule has 1 aromatic carbocycles. The number of rotatable bonds is 10. The molecule has 0 saturated carbocycles. The molecule has 19 heavy (non-hydrogen) atoms. The van der Waals surface area contributed by atoms with Crippen molar-refractivity contribution in [3.8, 4) is 5.75 Å². The van der Waals surface area contributed by atoms with Crippen LogP contribution in [0, 0.1) is 0 Å².